The Bertz CT molecular complexity index is 604. The maximum Gasteiger partial charge on any atom is 0.0991 e. The second-order valence-corrected chi connectivity index (χ2v) is 5.64. The van der Waals surface area contributed by atoms with E-state index in [1.54, 1.807) is 0 Å². The summed E-state index contributed by atoms with van der Waals surface area (Å²) in [6.07, 6.45) is 3.89. The van der Waals surface area contributed by atoms with Crippen molar-refractivity contribution in [3.63, 3.8) is 0 Å². The highest BCUT2D eigenvalue weighted by Gasteiger charge is 2.23. The minimum atomic E-state index is 0.305. The molecule has 2 aromatic rings. The predicted molar refractivity (Wildman–Crippen MR) is 84.9 cm³/mol. The van der Waals surface area contributed by atoms with E-state index in [9.17, 15) is 0 Å². The van der Waals surface area contributed by atoms with Crippen LogP contribution in [0, 0.1) is 11.3 Å². The predicted octanol–water partition coefficient (Wildman–Crippen LogP) is 4.13. The lowest BCUT2D eigenvalue weighted by Gasteiger charge is -2.35. The largest absolute Gasteiger partial charge is 0.292 e. The third kappa shape index (κ3) is 3.15. The molecule has 0 aliphatic carbocycles. The molecule has 0 aromatic heterocycles. The number of nitriles is 1. The Balaban J connectivity index is 1.96. The number of hydrogen-bond donors (Lipinski definition) is 0. The zero-order valence-corrected chi connectivity index (χ0v) is 12.2. The van der Waals surface area contributed by atoms with E-state index in [1.165, 1.54) is 30.4 Å². The van der Waals surface area contributed by atoms with E-state index in [0.717, 1.165) is 18.7 Å². The van der Waals surface area contributed by atoms with E-state index in [-0.39, 0.29) is 0 Å². The molecule has 0 bridgehead atoms. The van der Waals surface area contributed by atoms with Crippen LogP contribution in [0.25, 0.3) is 0 Å². The zero-order valence-electron chi connectivity index (χ0n) is 12.2. The van der Waals surface area contributed by atoms with E-state index >= 15 is 0 Å². The lowest BCUT2D eigenvalue weighted by Crippen LogP contribution is -2.34. The van der Waals surface area contributed by atoms with Crippen LogP contribution in [0.5, 0.6) is 0 Å². The molecule has 0 saturated carbocycles. The van der Waals surface area contributed by atoms with Gasteiger partial charge in [0.15, 0.2) is 0 Å². The van der Waals surface area contributed by atoms with Gasteiger partial charge in [0.25, 0.3) is 0 Å². The van der Waals surface area contributed by atoms with Crippen LogP contribution in [0.1, 0.15) is 42.0 Å². The second-order valence-electron chi connectivity index (χ2n) is 5.64. The number of nitrogens with zero attached hydrogens (tertiary/aromatic N) is 2. The SMILES string of the molecule is N#Cc1ccc(C(c2ccccc2)N2CCCCC2)cc1. The van der Waals surface area contributed by atoms with Gasteiger partial charge in [0, 0.05) is 0 Å². The normalized spacial score (nSPS) is 17.1. The van der Waals surface area contributed by atoms with Gasteiger partial charge in [0.05, 0.1) is 17.7 Å². The highest BCUT2D eigenvalue weighted by molar-refractivity contribution is 5.37. The van der Waals surface area contributed by atoms with E-state index in [1.807, 2.05) is 12.1 Å². The Morgan fingerprint density at radius 2 is 1.43 bits per heavy atom. The molecule has 1 heterocycles. The molecule has 106 valence electrons. The number of rotatable bonds is 3. The van der Waals surface area contributed by atoms with Gasteiger partial charge in [0.1, 0.15) is 0 Å². The van der Waals surface area contributed by atoms with Crippen LogP contribution in [0.2, 0.25) is 0 Å². The maximum atomic E-state index is 8.97. The molecule has 1 fully saturated rings. The summed E-state index contributed by atoms with van der Waals surface area (Å²) in [6.45, 7) is 2.30. The third-order valence-electron chi connectivity index (χ3n) is 4.23. The monoisotopic (exact) mass is 276 g/mol. The summed E-state index contributed by atoms with van der Waals surface area (Å²) in [7, 11) is 0. The van der Waals surface area contributed by atoms with Crippen molar-refractivity contribution in [2.75, 3.05) is 13.1 Å². The van der Waals surface area contributed by atoms with E-state index in [2.05, 4.69) is 53.4 Å². The minimum Gasteiger partial charge on any atom is -0.292 e. The highest BCUT2D eigenvalue weighted by Crippen LogP contribution is 2.31. The van der Waals surface area contributed by atoms with E-state index < -0.39 is 0 Å². The summed E-state index contributed by atoms with van der Waals surface area (Å²) in [5.41, 5.74) is 3.34. The Morgan fingerprint density at radius 1 is 0.810 bits per heavy atom. The summed E-state index contributed by atoms with van der Waals surface area (Å²) in [5, 5.41) is 8.97. The summed E-state index contributed by atoms with van der Waals surface area (Å²) in [6, 6.07) is 21.3. The Hall–Kier alpha value is -2.11. The first kappa shape index (κ1) is 13.9. The van der Waals surface area contributed by atoms with Crippen molar-refractivity contribution in [2.45, 2.75) is 25.3 Å². The minimum absolute atomic E-state index is 0.305. The fraction of sp³-hybridized carbons (Fsp3) is 0.316. The molecule has 2 heteroatoms. The van der Waals surface area contributed by atoms with Crippen molar-refractivity contribution in [1.82, 2.24) is 4.90 Å². The maximum absolute atomic E-state index is 8.97. The fourth-order valence-electron chi connectivity index (χ4n) is 3.17. The zero-order chi connectivity index (χ0) is 14.5. The third-order valence-corrected chi connectivity index (χ3v) is 4.23. The van der Waals surface area contributed by atoms with Gasteiger partial charge in [0.2, 0.25) is 0 Å². The van der Waals surface area contributed by atoms with Gasteiger partial charge in [-0.2, -0.15) is 5.26 Å². The van der Waals surface area contributed by atoms with Gasteiger partial charge in [-0.15, -0.1) is 0 Å². The Labute approximate surface area is 126 Å². The second kappa shape index (κ2) is 6.56. The van der Waals surface area contributed by atoms with Crippen molar-refractivity contribution in [1.29, 1.82) is 5.26 Å². The first-order chi connectivity index (χ1) is 10.4. The lowest BCUT2D eigenvalue weighted by molar-refractivity contribution is 0.187. The molecule has 3 rings (SSSR count). The van der Waals surface area contributed by atoms with Gasteiger partial charge in [-0.1, -0.05) is 48.9 Å². The molecule has 1 aliphatic heterocycles. The van der Waals surface area contributed by atoms with Crippen molar-refractivity contribution < 1.29 is 0 Å². The van der Waals surface area contributed by atoms with Crippen molar-refractivity contribution in [2.24, 2.45) is 0 Å². The summed E-state index contributed by atoms with van der Waals surface area (Å²) >= 11 is 0. The molecule has 2 aromatic carbocycles. The van der Waals surface area contributed by atoms with Gasteiger partial charge in [-0.3, -0.25) is 4.90 Å². The number of benzene rings is 2. The Kier molecular flexibility index (Phi) is 4.33. The van der Waals surface area contributed by atoms with Crippen molar-refractivity contribution in [3.05, 3.63) is 71.3 Å². The summed E-state index contributed by atoms with van der Waals surface area (Å²) in [4.78, 5) is 2.57. The molecule has 1 atom stereocenters. The first-order valence-electron chi connectivity index (χ1n) is 7.67. The summed E-state index contributed by atoms with van der Waals surface area (Å²) < 4.78 is 0. The molecule has 1 aliphatic rings. The molecule has 21 heavy (non-hydrogen) atoms. The van der Waals surface area contributed by atoms with Crippen LogP contribution in [0.3, 0.4) is 0 Å². The fourth-order valence-corrected chi connectivity index (χ4v) is 3.17. The lowest BCUT2D eigenvalue weighted by atomic mass is 9.94. The molecule has 1 saturated heterocycles. The average molecular weight is 276 g/mol. The van der Waals surface area contributed by atoms with Gasteiger partial charge < -0.3 is 0 Å². The van der Waals surface area contributed by atoms with Crippen molar-refractivity contribution in [3.8, 4) is 6.07 Å². The molecular formula is C19H20N2. The van der Waals surface area contributed by atoms with E-state index in [0.29, 0.717) is 6.04 Å². The topological polar surface area (TPSA) is 27.0 Å². The van der Waals surface area contributed by atoms with Crippen molar-refractivity contribution >= 4 is 0 Å². The molecule has 2 nitrogen and oxygen atoms in total. The number of likely N-dealkylation sites (tertiary alicyclic amines) is 1. The van der Waals surface area contributed by atoms with Crippen LogP contribution in [0.15, 0.2) is 54.6 Å². The molecule has 0 spiro atoms. The van der Waals surface area contributed by atoms with E-state index in [4.69, 9.17) is 5.26 Å². The smallest absolute Gasteiger partial charge is 0.0991 e. The molecule has 1 unspecified atom stereocenters. The Morgan fingerprint density at radius 3 is 2.05 bits per heavy atom. The molecule has 0 radical (unpaired) electrons. The van der Waals surface area contributed by atoms with Gasteiger partial charge in [-0.05, 0) is 49.2 Å². The molecule has 0 amide bonds. The van der Waals surface area contributed by atoms with Crippen LogP contribution in [-0.4, -0.2) is 18.0 Å². The van der Waals surface area contributed by atoms with Crippen LogP contribution in [-0.2, 0) is 0 Å². The number of piperidine rings is 1. The molecule has 0 N–H and O–H groups in total. The van der Waals surface area contributed by atoms with Crippen LogP contribution < -0.4 is 0 Å². The molecular weight excluding hydrogens is 256 g/mol. The average Bonchev–Trinajstić information content (AvgIpc) is 2.58. The number of hydrogen-bond acceptors (Lipinski definition) is 2. The first-order valence-corrected chi connectivity index (χ1v) is 7.67. The van der Waals surface area contributed by atoms with Gasteiger partial charge >= 0.3 is 0 Å². The standard InChI is InChI=1S/C19H20N2/c20-15-16-9-11-18(12-10-16)19(17-7-3-1-4-8-17)21-13-5-2-6-14-21/h1,3-4,7-12,19H,2,5-6,13-14H2. The van der Waals surface area contributed by atoms with Gasteiger partial charge in [-0.25, -0.2) is 0 Å². The highest BCUT2D eigenvalue weighted by atomic mass is 15.2. The quantitative estimate of drug-likeness (QED) is 0.842. The summed E-state index contributed by atoms with van der Waals surface area (Å²) in [5.74, 6) is 0. The van der Waals surface area contributed by atoms with Crippen LogP contribution in [0.4, 0.5) is 0 Å². The van der Waals surface area contributed by atoms with Crippen LogP contribution >= 0.6 is 0 Å².